The van der Waals surface area contributed by atoms with Gasteiger partial charge in [0.1, 0.15) is 23.0 Å². The number of carbonyl (C=O) groups is 1. The Morgan fingerprint density at radius 2 is 1.97 bits per heavy atom. The van der Waals surface area contributed by atoms with Crippen molar-refractivity contribution in [3.8, 4) is 28.6 Å². The van der Waals surface area contributed by atoms with Crippen LogP contribution in [0.2, 0.25) is 0 Å². The van der Waals surface area contributed by atoms with Gasteiger partial charge >= 0.3 is 0 Å². The van der Waals surface area contributed by atoms with E-state index < -0.39 is 0 Å². The summed E-state index contributed by atoms with van der Waals surface area (Å²) in [6.45, 7) is 3.91. The molecule has 4 aromatic heterocycles. The highest BCUT2D eigenvalue weighted by Crippen LogP contribution is 2.29. The van der Waals surface area contributed by atoms with Crippen LogP contribution in [0.15, 0.2) is 43.1 Å². The van der Waals surface area contributed by atoms with Gasteiger partial charge in [0.25, 0.3) is 0 Å². The lowest BCUT2D eigenvalue weighted by atomic mass is 10.1. The molecule has 37 heavy (non-hydrogen) atoms. The monoisotopic (exact) mass is 496 g/mol. The Labute approximate surface area is 214 Å². The Hall–Kier alpha value is -4.30. The van der Waals surface area contributed by atoms with E-state index in [1.165, 1.54) is 0 Å². The van der Waals surface area contributed by atoms with Crippen molar-refractivity contribution < 1.29 is 4.79 Å². The van der Waals surface area contributed by atoms with Crippen molar-refractivity contribution in [3.05, 3.63) is 48.7 Å². The molecular formula is C26H28N10O. The van der Waals surface area contributed by atoms with Gasteiger partial charge < -0.3 is 15.1 Å². The van der Waals surface area contributed by atoms with Gasteiger partial charge in [-0.2, -0.15) is 15.5 Å². The van der Waals surface area contributed by atoms with Crippen LogP contribution in [0.5, 0.6) is 0 Å². The van der Waals surface area contributed by atoms with E-state index in [9.17, 15) is 10.1 Å². The molecule has 0 bridgehead atoms. The Bertz CT molecular complexity index is 1470. The van der Waals surface area contributed by atoms with Crippen molar-refractivity contribution in [3.63, 3.8) is 0 Å². The van der Waals surface area contributed by atoms with Crippen LogP contribution in [-0.2, 0) is 11.8 Å². The molecule has 0 aromatic carbocycles. The van der Waals surface area contributed by atoms with E-state index in [0.29, 0.717) is 48.0 Å². The zero-order valence-corrected chi connectivity index (χ0v) is 20.7. The van der Waals surface area contributed by atoms with Crippen LogP contribution >= 0.6 is 0 Å². The fourth-order valence-electron chi connectivity index (χ4n) is 5.16. The lowest BCUT2D eigenvalue weighted by molar-refractivity contribution is -0.131. The van der Waals surface area contributed by atoms with Crippen LogP contribution in [0.25, 0.3) is 28.0 Å². The molecule has 1 unspecified atom stereocenters. The Balaban J connectivity index is 1.22. The Morgan fingerprint density at radius 1 is 1.11 bits per heavy atom. The summed E-state index contributed by atoms with van der Waals surface area (Å²) in [7, 11) is 1.86. The van der Waals surface area contributed by atoms with Gasteiger partial charge in [-0.1, -0.05) is 0 Å². The van der Waals surface area contributed by atoms with Gasteiger partial charge in [-0.3, -0.25) is 9.48 Å². The summed E-state index contributed by atoms with van der Waals surface area (Å²) in [5.74, 6) is 1.10. The molecule has 0 radical (unpaired) electrons. The van der Waals surface area contributed by atoms with E-state index in [1.54, 1.807) is 27.8 Å². The Kier molecular flexibility index (Phi) is 6.02. The number of hydrogen-bond donors (Lipinski definition) is 1. The molecule has 0 aliphatic carbocycles. The van der Waals surface area contributed by atoms with Crippen LogP contribution in [0.1, 0.15) is 24.8 Å². The first-order valence-electron chi connectivity index (χ1n) is 12.6. The number of pyridine rings is 1. The number of rotatable bonds is 5. The minimum Gasteiger partial charge on any atom is -0.353 e. The quantitative estimate of drug-likeness (QED) is 0.445. The lowest BCUT2D eigenvalue weighted by Crippen LogP contribution is -2.50. The molecule has 2 aliphatic rings. The number of piperazine rings is 1. The first-order valence-corrected chi connectivity index (χ1v) is 12.6. The van der Waals surface area contributed by atoms with Crippen LogP contribution in [0.4, 0.5) is 5.82 Å². The third-order valence-corrected chi connectivity index (χ3v) is 7.18. The van der Waals surface area contributed by atoms with E-state index in [4.69, 9.17) is 9.97 Å². The van der Waals surface area contributed by atoms with Gasteiger partial charge in [-0.25, -0.2) is 14.5 Å². The van der Waals surface area contributed by atoms with Crippen molar-refractivity contribution >= 4 is 17.2 Å². The number of carbonyl (C=O) groups excluding carboxylic acids is 1. The molecule has 1 atom stereocenters. The molecule has 6 rings (SSSR count). The maximum atomic E-state index is 12.7. The van der Waals surface area contributed by atoms with E-state index in [1.807, 2.05) is 36.5 Å². The third kappa shape index (κ3) is 4.51. The SMILES string of the molecule is Cn1cc(-c2cn3ncc(C#N)c3c(-c3ccc(N4CCN(C(=O)CC5CCCN5)CC4)nc3)n2)cn1. The number of hydrogen-bond acceptors (Lipinski definition) is 8. The number of anilines is 1. The van der Waals surface area contributed by atoms with Crippen LogP contribution in [-0.4, -0.2) is 78.9 Å². The second-order valence-corrected chi connectivity index (χ2v) is 9.61. The van der Waals surface area contributed by atoms with Gasteiger partial charge in [-0.15, -0.1) is 0 Å². The molecule has 11 heteroatoms. The molecule has 4 aromatic rings. The number of amides is 1. The smallest absolute Gasteiger partial charge is 0.224 e. The largest absolute Gasteiger partial charge is 0.353 e. The highest BCUT2D eigenvalue weighted by molar-refractivity contribution is 5.83. The first-order chi connectivity index (χ1) is 18.1. The van der Waals surface area contributed by atoms with E-state index >= 15 is 0 Å². The van der Waals surface area contributed by atoms with Gasteiger partial charge in [0.05, 0.1) is 30.0 Å². The number of nitriles is 1. The van der Waals surface area contributed by atoms with Gasteiger partial charge in [0.15, 0.2) is 0 Å². The summed E-state index contributed by atoms with van der Waals surface area (Å²) < 4.78 is 3.41. The maximum absolute atomic E-state index is 12.7. The van der Waals surface area contributed by atoms with Crippen LogP contribution in [0.3, 0.4) is 0 Å². The van der Waals surface area contributed by atoms with E-state index in [2.05, 4.69) is 26.5 Å². The predicted molar refractivity (Wildman–Crippen MR) is 138 cm³/mol. The summed E-state index contributed by atoms with van der Waals surface area (Å²) in [5.41, 5.74) is 4.12. The molecule has 6 heterocycles. The van der Waals surface area contributed by atoms with Crippen molar-refractivity contribution in [2.75, 3.05) is 37.6 Å². The minimum atomic E-state index is 0.236. The van der Waals surface area contributed by atoms with Crippen molar-refractivity contribution in [2.24, 2.45) is 7.05 Å². The summed E-state index contributed by atoms with van der Waals surface area (Å²) in [6, 6.07) is 6.51. The average Bonchev–Trinajstić information content (AvgIpc) is 3.69. The van der Waals surface area contributed by atoms with Crippen molar-refractivity contribution in [1.82, 2.24) is 39.6 Å². The fourth-order valence-corrected chi connectivity index (χ4v) is 5.16. The van der Waals surface area contributed by atoms with Gasteiger partial charge in [-0.05, 0) is 31.5 Å². The standard InChI is InChI=1S/C26H28N10O/c1-33-16-20(15-30-33)22-17-36-26(19(12-27)14-31-36)25(32-22)18-4-5-23(29-13-18)34-7-9-35(10-8-34)24(37)11-21-3-2-6-28-21/h4-5,13-17,21,28H,2-3,6-11H2,1H3. The second-order valence-electron chi connectivity index (χ2n) is 9.61. The zero-order valence-electron chi connectivity index (χ0n) is 20.7. The van der Waals surface area contributed by atoms with Gasteiger partial charge in [0.2, 0.25) is 5.91 Å². The fraction of sp³-hybridized carbons (Fsp3) is 0.385. The molecular weight excluding hydrogens is 468 g/mol. The van der Waals surface area contributed by atoms with Crippen LogP contribution in [0, 0.1) is 11.3 Å². The normalized spacial score (nSPS) is 17.9. The summed E-state index contributed by atoms with van der Waals surface area (Å²) in [6.07, 6.45) is 11.6. The maximum Gasteiger partial charge on any atom is 0.224 e. The molecule has 2 fully saturated rings. The molecule has 188 valence electrons. The minimum absolute atomic E-state index is 0.236. The summed E-state index contributed by atoms with van der Waals surface area (Å²) in [5, 5.41) is 21.7. The molecule has 1 N–H and O–H groups in total. The van der Waals surface area contributed by atoms with Crippen molar-refractivity contribution in [2.45, 2.75) is 25.3 Å². The zero-order chi connectivity index (χ0) is 25.4. The molecule has 2 saturated heterocycles. The van der Waals surface area contributed by atoms with Gasteiger partial charge in [0, 0.05) is 69.2 Å². The van der Waals surface area contributed by atoms with E-state index in [-0.39, 0.29) is 5.91 Å². The predicted octanol–water partition coefficient (Wildman–Crippen LogP) is 1.85. The van der Waals surface area contributed by atoms with Crippen LogP contribution < -0.4 is 10.2 Å². The number of fused-ring (bicyclic) bond motifs is 1. The average molecular weight is 497 g/mol. The molecule has 1 amide bonds. The topological polar surface area (TPSA) is 120 Å². The Morgan fingerprint density at radius 3 is 2.65 bits per heavy atom. The van der Waals surface area contributed by atoms with Crippen molar-refractivity contribution in [1.29, 1.82) is 5.26 Å². The molecule has 11 nitrogen and oxygen atoms in total. The molecule has 0 saturated carbocycles. The molecule has 2 aliphatic heterocycles. The first kappa shape index (κ1) is 23.1. The number of aromatic nitrogens is 6. The van der Waals surface area contributed by atoms with E-state index in [0.717, 1.165) is 49.4 Å². The highest BCUT2D eigenvalue weighted by atomic mass is 16.2. The summed E-state index contributed by atoms with van der Waals surface area (Å²) >= 11 is 0. The third-order valence-electron chi connectivity index (χ3n) is 7.18. The summed E-state index contributed by atoms with van der Waals surface area (Å²) in [4.78, 5) is 26.5. The second kappa shape index (κ2) is 9.63. The number of nitrogens with zero attached hydrogens (tertiary/aromatic N) is 9. The highest BCUT2D eigenvalue weighted by Gasteiger charge is 2.25. The lowest BCUT2D eigenvalue weighted by Gasteiger charge is -2.36. The number of nitrogens with one attached hydrogen (secondary N) is 1. The molecule has 0 spiro atoms. The number of aryl methyl sites for hydroxylation is 1.